The van der Waals surface area contributed by atoms with Crippen LogP contribution in [0.25, 0.3) is 10.9 Å². The molecule has 0 N–H and O–H groups in total. The lowest BCUT2D eigenvalue weighted by Gasteiger charge is -2.27. The van der Waals surface area contributed by atoms with Crippen LogP contribution in [0.2, 0.25) is 0 Å². The van der Waals surface area contributed by atoms with E-state index in [9.17, 15) is 4.79 Å². The smallest absolute Gasteiger partial charge is 0.270 e. The number of benzene rings is 1. The van der Waals surface area contributed by atoms with Crippen molar-refractivity contribution in [3.63, 3.8) is 0 Å². The van der Waals surface area contributed by atoms with E-state index in [1.54, 1.807) is 0 Å². The molecule has 1 saturated heterocycles. The van der Waals surface area contributed by atoms with Crippen molar-refractivity contribution in [1.82, 2.24) is 9.47 Å². The number of rotatable bonds is 4. The Hall–Kier alpha value is -2.07. The molecule has 2 aromatic rings. The predicted octanol–water partition coefficient (Wildman–Crippen LogP) is 3.73. The first-order valence-electron chi connectivity index (χ1n) is 8.65. The van der Waals surface area contributed by atoms with Crippen molar-refractivity contribution in [2.45, 2.75) is 33.2 Å². The molecule has 1 fully saturated rings. The number of nitrogens with zero attached hydrogens (tertiary/aromatic N) is 2. The number of amides is 1. The van der Waals surface area contributed by atoms with Gasteiger partial charge in [-0.05, 0) is 36.1 Å². The second-order valence-electron chi connectivity index (χ2n) is 6.71. The number of carbonyl (C=O) groups is 1. The monoisotopic (exact) mass is 326 g/mol. The van der Waals surface area contributed by atoms with Crippen LogP contribution in [0.5, 0.6) is 0 Å². The molecule has 24 heavy (non-hydrogen) atoms. The first-order chi connectivity index (χ1) is 11.5. The summed E-state index contributed by atoms with van der Waals surface area (Å²) in [5.74, 6) is 0.565. The van der Waals surface area contributed by atoms with E-state index in [4.69, 9.17) is 4.74 Å². The van der Waals surface area contributed by atoms with Crippen LogP contribution in [-0.2, 0) is 11.3 Å². The van der Waals surface area contributed by atoms with Gasteiger partial charge in [0.1, 0.15) is 5.69 Å². The lowest BCUT2D eigenvalue weighted by atomic mass is 10.0. The second kappa shape index (κ2) is 6.81. The van der Waals surface area contributed by atoms with Crippen molar-refractivity contribution in [2.75, 3.05) is 26.3 Å². The SMILES string of the molecule is C=CCn1c(C(=O)N2CCOCC2)c(C)c2cc(C(C)C)ccc21. The average molecular weight is 326 g/mol. The van der Waals surface area contributed by atoms with Gasteiger partial charge in [0.15, 0.2) is 0 Å². The summed E-state index contributed by atoms with van der Waals surface area (Å²) in [5, 5.41) is 1.17. The van der Waals surface area contributed by atoms with Gasteiger partial charge in [-0.1, -0.05) is 26.0 Å². The van der Waals surface area contributed by atoms with Crippen LogP contribution in [0.3, 0.4) is 0 Å². The van der Waals surface area contributed by atoms with Crippen LogP contribution in [-0.4, -0.2) is 41.7 Å². The molecule has 4 nitrogen and oxygen atoms in total. The van der Waals surface area contributed by atoms with Gasteiger partial charge in [0.05, 0.1) is 13.2 Å². The molecule has 0 radical (unpaired) electrons. The second-order valence-corrected chi connectivity index (χ2v) is 6.71. The summed E-state index contributed by atoms with van der Waals surface area (Å²) in [4.78, 5) is 15.0. The maximum Gasteiger partial charge on any atom is 0.270 e. The molecule has 1 amide bonds. The molecule has 0 bridgehead atoms. The summed E-state index contributed by atoms with van der Waals surface area (Å²) in [6.45, 7) is 13.5. The van der Waals surface area contributed by atoms with E-state index in [0.29, 0.717) is 38.8 Å². The van der Waals surface area contributed by atoms with Crippen LogP contribution < -0.4 is 0 Å². The summed E-state index contributed by atoms with van der Waals surface area (Å²) < 4.78 is 7.47. The number of fused-ring (bicyclic) bond motifs is 1. The molecule has 0 spiro atoms. The molecule has 1 aromatic carbocycles. The molecule has 1 aliphatic rings. The molecule has 3 rings (SSSR count). The molecule has 2 heterocycles. The largest absolute Gasteiger partial charge is 0.378 e. The molecule has 0 unspecified atom stereocenters. The molecular formula is C20H26N2O2. The van der Waals surface area contributed by atoms with Crippen molar-refractivity contribution in [3.05, 3.63) is 47.7 Å². The Kier molecular flexibility index (Phi) is 4.76. The Morgan fingerprint density at radius 1 is 1.33 bits per heavy atom. The van der Waals surface area contributed by atoms with Gasteiger partial charge < -0.3 is 14.2 Å². The van der Waals surface area contributed by atoms with E-state index in [-0.39, 0.29) is 5.91 Å². The van der Waals surface area contributed by atoms with Crippen LogP contribution in [0.1, 0.15) is 41.4 Å². The van der Waals surface area contributed by atoms with E-state index >= 15 is 0 Å². The highest BCUT2D eigenvalue weighted by atomic mass is 16.5. The Labute approximate surface area is 143 Å². The lowest BCUT2D eigenvalue weighted by Crippen LogP contribution is -2.41. The van der Waals surface area contributed by atoms with Crippen LogP contribution in [0.15, 0.2) is 30.9 Å². The predicted molar refractivity (Wildman–Crippen MR) is 97.7 cm³/mol. The average Bonchev–Trinajstić information content (AvgIpc) is 2.87. The molecule has 0 saturated carbocycles. The zero-order chi connectivity index (χ0) is 17.3. The van der Waals surface area contributed by atoms with Gasteiger partial charge >= 0.3 is 0 Å². The molecule has 0 atom stereocenters. The number of hydrogen-bond donors (Lipinski definition) is 0. The minimum Gasteiger partial charge on any atom is -0.378 e. The van der Waals surface area contributed by atoms with Crippen molar-refractivity contribution in [1.29, 1.82) is 0 Å². The highest BCUT2D eigenvalue weighted by Gasteiger charge is 2.25. The van der Waals surface area contributed by atoms with E-state index in [2.05, 4.69) is 50.1 Å². The summed E-state index contributed by atoms with van der Waals surface area (Å²) in [5.41, 5.74) is 4.25. The Balaban J connectivity index is 2.14. The number of carbonyl (C=O) groups excluding carboxylic acids is 1. The number of allylic oxidation sites excluding steroid dienone is 1. The van der Waals surface area contributed by atoms with Crippen LogP contribution >= 0.6 is 0 Å². The fourth-order valence-corrected chi connectivity index (χ4v) is 3.41. The third-order valence-electron chi connectivity index (χ3n) is 4.82. The van der Waals surface area contributed by atoms with Gasteiger partial charge in [-0.2, -0.15) is 0 Å². The molecule has 0 aliphatic carbocycles. The maximum atomic E-state index is 13.1. The van der Waals surface area contributed by atoms with Crippen molar-refractivity contribution in [3.8, 4) is 0 Å². The quantitative estimate of drug-likeness (QED) is 0.802. The molecule has 1 aliphatic heterocycles. The van der Waals surface area contributed by atoms with Crippen LogP contribution in [0.4, 0.5) is 0 Å². The van der Waals surface area contributed by atoms with E-state index < -0.39 is 0 Å². The summed E-state index contributed by atoms with van der Waals surface area (Å²) in [6.07, 6.45) is 1.85. The van der Waals surface area contributed by atoms with E-state index in [1.165, 1.54) is 10.9 Å². The normalized spacial score (nSPS) is 15.2. The van der Waals surface area contributed by atoms with E-state index in [1.807, 2.05) is 11.0 Å². The number of morpholine rings is 1. The number of aryl methyl sites for hydroxylation is 1. The minimum atomic E-state index is 0.0972. The highest BCUT2D eigenvalue weighted by molar-refractivity contribution is 6.02. The Morgan fingerprint density at radius 3 is 2.67 bits per heavy atom. The van der Waals surface area contributed by atoms with E-state index in [0.717, 1.165) is 16.8 Å². The highest BCUT2D eigenvalue weighted by Crippen LogP contribution is 2.30. The van der Waals surface area contributed by atoms with Crippen molar-refractivity contribution >= 4 is 16.8 Å². The van der Waals surface area contributed by atoms with Gasteiger partial charge in [-0.3, -0.25) is 4.79 Å². The standard InChI is InChI=1S/C20H26N2O2/c1-5-8-22-18-7-6-16(14(2)3)13-17(18)15(4)19(22)20(23)21-9-11-24-12-10-21/h5-7,13-14H,1,8-12H2,2-4H3. The van der Waals surface area contributed by atoms with Crippen molar-refractivity contribution < 1.29 is 9.53 Å². The van der Waals surface area contributed by atoms with Crippen LogP contribution in [0, 0.1) is 6.92 Å². The zero-order valence-corrected chi connectivity index (χ0v) is 14.8. The van der Waals surface area contributed by atoms with Gasteiger partial charge in [-0.15, -0.1) is 6.58 Å². The first kappa shape index (κ1) is 16.8. The topological polar surface area (TPSA) is 34.5 Å². The Morgan fingerprint density at radius 2 is 2.04 bits per heavy atom. The zero-order valence-electron chi connectivity index (χ0n) is 14.8. The summed E-state index contributed by atoms with van der Waals surface area (Å²) >= 11 is 0. The number of hydrogen-bond acceptors (Lipinski definition) is 2. The lowest BCUT2D eigenvalue weighted by molar-refractivity contribution is 0.0296. The van der Waals surface area contributed by atoms with Gasteiger partial charge in [0, 0.05) is 30.5 Å². The molecule has 4 heteroatoms. The van der Waals surface area contributed by atoms with Gasteiger partial charge in [0.25, 0.3) is 5.91 Å². The molecule has 128 valence electrons. The number of ether oxygens (including phenoxy) is 1. The Bertz CT molecular complexity index is 768. The third-order valence-corrected chi connectivity index (χ3v) is 4.82. The maximum absolute atomic E-state index is 13.1. The fraction of sp³-hybridized carbons (Fsp3) is 0.450. The fourth-order valence-electron chi connectivity index (χ4n) is 3.41. The molecule has 1 aromatic heterocycles. The number of aromatic nitrogens is 1. The minimum absolute atomic E-state index is 0.0972. The summed E-state index contributed by atoms with van der Waals surface area (Å²) in [7, 11) is 0. The third kappa shape index (κ3) is 2.86. The van der Waals surface area contributed by atoms with Gasteiger partial charge in [-0.25, -0.2) is 0 Å². The summed E-state index contributed by atoms with van der Waals surface area (Å²) in [6, 6.07) is 6.53. The van der Waals surface area contributed by atoms with Gasteiger partial charge in [0.2, 0.25) is 0 Å². The first-order valence-corrected chi connectivity index (χ1v) is 8.65. The van der Waals surface area contributed by atoms with Crippen molar-refractivity contribution in [2.24, 2.45) is 0 Å². The molecular weight excluding hydrogens is 300 g/mol.